The Morgan fingerprint density at radius 3 is 2.62 bits per heavy atom. The van der Waals surface area contributed by atoms with E-state index in [4.69, 9.17) is 4.42 Å². The Morgan fingerprint density at radius 2 is 2.38 bits per heavy atom. The van der Waals surface area contributed by atoms with Crippen LogP contribution in [0.25, 0.3) is 0 Å². The van der Waals surface area contributed by atoms with E-state index in [9.17, 15) is 0 Å². The van der Waals surface area contributed by atoms with Crippen molar-refractivity contribution in [2.75, 3.05) is 0 Å². The molecular formula is C4H5BrN2O. The van der Waals surface area contributed by atoms with Crippen LogP contribution in [-0.2, 0) is 6.42 Å². The highest BCUT2D eigenvalue weighted by Gasteiger charge is 1.96. The maximum Gasteiger partial charge on any atom is 0.284 e. The van der Waals surface area contributed by atoms with Crippen molar-refractivity contribution in [3.05, 3.63) is 10.7 Å². The maximum absolute atomic E-state index is 4.93. The summed E-state index contributed by atoms with van der Waals surface area (Å²) < 4.78 is 4.93. The van der Waals surface area contributed by atoms with Crippen LogP contribution in [0.15, 0.2) is 9.22 Å². The molecule has 0 aromatic carbocycles. The van der Waals surface area contributed by atoms with Crippen LogP contribution in [-0.4, -0.2) is 10.2 Å². The van der Waals surface area contributed by atoms with Crippen LogP contribution in [0.5, 0.6) is 0 Å². The summed E-state index contributed by atoms with van der Waals surface area (Å²) in [5, 5.41) is 7.26. The van der Waals surface area contributed by atoms with E-state index in [-0.39, 0.29) is 0 Å². The molecule has 1 aromatic heterocycles. The number of rotatable bonds is 1. The Bertz CT molecular complexity index is 174. The molecule has 0 saturated carbocycles. The summed E-state index contributed by atoms with van der Waals surface area (Å²) in [6.45, 7) is 1.96. The molecule has 0 N–H and O–H groups in total. The second-order valence-corrected chi connectivity index (χ2v) is 1.98. The number of nitrogens with zero attached hydrogens (tertiary/aromatic N) is 2. The average Bonchev–Trinajstić information content (AvgIpc) is 2.14. The van der Waals surface area contributed by atoms with Crippen LogP contribution >= 0.6 is 15.9 Å². The Kier molecular flexibility index (Phi) is 1.62. The van der Waals surface area contributed by atoms with Crippen molar-refractivity contribution < 1.29 is 4.42 Å². The number of hydrogen-bond donors (Lipinski definition) is 0. The molecule has 0 aliphatic rings. The minimum atomic E-state index is 0.453. The zero-order valence-corrected chi connectivity index (χ0v) is 5.97. The zero-order valence-electron chi connectivity index (χ0n) is 4.39. The first kappa shape index (κ1) is 5.75. The van der Waals surface area contributed by atoms with Crippen molar-refractivity contribution >= 4 is 15.9 Å². The predicted molar refractivity (Wildman–Crippen MR) is 31.4 cm³/mol. The maximum atomic E-state index is 4.93. The van der Waals surface area contributed by atoms with Gasteiger partial charge >= 0.3 is 0 Å². The quantitative estimate of drug-likeness (QED) is 0.650. The molecule has 0 unspecified atom stereocenters. The van der Waals surface area contributed by atoms with Gasteiger partial charge in [-0.05, 0) is 0 Å². The lowest BCUT2D eigenvalue weighted by Gasteiger charge is -1.76. The Morgan fingerprint density at radius 1 is 1.62 bits per heavy atom. The van der Waals surface area contributed by atoms with Crippen molar-refractivity contribution in [1.82, 2.24) is 10.2 Å². The van der Waals surface area contributed by atoms with Gasteiger partial charge < -0.3 is 4.42 Å². The van der Waals surface area contributed by atoms with E-state index in [2.05, 4.69) is 26.1 Å². The summed E-state index contributed by atoms with van der Waals surface area (Å²) in [6.07, 6.45) is 0.790. The average molecular weight is 177 g/mol. The molecule has 4 heteroatoms. The predicted octanol–water partition coefficient (Wildman–Crippen LogP) is 1.39. The number of hydrogen-bond acceptors (Lipinski definition) is 3. The summed E-state index contributed by atoms with van der Waals surface area (Å²) in [4.78, 5) is 0.453. The van der Waals surface area contributed by atoms with E-state index in [0.717, 1.165) is 6.42 Å². The standard InChI is InChI=1S/C4H5BrN2O/c1-2-3-6-7-4(5)8-3/h2H2,1H3. The Balaban J connectivity index is 2.84. The van der Waals surface area contributed by atoms with Crippen molar-refractivity contribution in [3.63, 3.8) is 0 Å². The smallest absolute Gasteiger partial charge is 0.284 e. The molecule has 0 saturated heterocycles. The first-order valence-electron chi connectivity index (χ1n) is 2.31. The lowest BCUT2D eigenvalue weighted by molar-refractivity contribution is 0.477. The van der Waals surface area contributed by atoms with Crippen LogP contribution in [0.3, 0.4) is 0 Å². The van der Waals surface area contributed by atoms with Gasteiger partial charge in [-0.1, -0.05) is 6.92 Å². The second-order valence-electron chi connectivity index (χ2n) is 1.30. The minimum absolute atomic E-state index is 0.453. The van der Waals surface area contributed by atoms with Gasteiger partial charge in [0, 0.05) is 22.4 Å². The molecule has 1 rings (SSSR count). The fraction of sp³-hybridized carbons (Fsp3) is 0.500. The lowest BCUT2D eigenvalue weighted by Crippen LogP contribution is -1.75. The molecule has 0 amide bonds. The van der Waals surface area contributed by atoms with E-state index in [0.29, 0.717) is 10.7 Å². The van der Waals surface area contributed by atoms with Crippen molar-refractivity contribution in [2.45, 2.75) is 13.3 Å². The third-order valence-electron chi connectivity index (χ3n) is 0.745. The molecule has 0 spiro atoms. The van der Waals surface area contributed by atoms with Crippen LogP contribution < -0.4 is 0 Å². The van der Waals surface area contributed by atoms with E-state index in [1.54, 1.807) is 0 Å². The SMILES string of the molecule is CCc1nnc(Br)o1. The van der Waals surface area contributed by atoms with Crippen molar-refractivity contribution in [3.8, 4) is 0 Å². The molecule has 1 heterocycles. The molecule has 44 valence electrons. The summed E-state index contributed by atoms with van der Waals surface area (Å²) in [5.41, 5.74) is 0. The van der Waals surface area contributed by atoms with E-state index < -0.39 is 0 Å². The largest absolute Gasteiger partial charge is 0.416 e. The van der Waals surface area contributed by atoms with E-state index in [1.807, 2.05) is 6.92 Å². The highest BCUT2D eigenvalue weighted by Crippen LogP contribution is 2.05. The van der Waals surface area contributed by atoms with Crippen LogP contribution in [0.1, 0.15) is 12.8 Å². The van der Waals surface area contributed by atoms with Crippen molar-refractivity contribution in [1.29, 1.82) is 0 Å². The Labute approximate surface area is 55.2 Å². The first-order valence-corrected chi connectivity index (χ1v) is 3.10. The first-order chi connectivity index (χ1) is 3.83. The molecule has 1 aromatic rings. The van der Waals surface area contributed by atoms with Gasteiger partial charge in [-0.15, -0.1) is 10.2 Å². The molecule has 0 fully saturated rings. The fourth-order valence-corrected chi connectivity index (χ4v) is 0.642. The number of aryl methyl sites for hydroxylation is 1. The van der Waals surface area contributed by atoms with Gasteiger partial charge in [0.25, 0.3) is 4.80 Å². The Hall–Kier alpha value is -0.380. The second kappa shape index (κ2) is 2.26. The van der Waals surface area contributed by atoms with Gasteiger partial charge in [-0.25, -0.2) is 0 Å². The van der Waals surface area contributed by atoms with E-state index >= 15 is 0 Å². The highest BCUT2D eigenvalue weighted by atomic mass is 79.9. The van der Waals surface area contributed by atoms with Crippen LogP contribution in [0.4, 0.5) is 0 Å². The molecule has 0 radical (unpaired) electrons. The van der Waals surface area contributed by atoms with Gasteiger partial charge in [-0.2, -0.15) is 0 Å². The van der Waals surface area contributed by atoms with Gasteiger partial charge in [0.15, 0.2) is 0 Å². The molecule has 0 atom stereocenters. The molecule has 0 bridgehead atoms. The summed E-state index contributed by atoms with van der Waals surface area (Å²) in [5.74, 6) is 0.664. The number of aromatic nitrogens is 2. The fourth-order valence-electron chi connectivity index (χ4n) is 0.376. The molecule has 3 nitrogen and oxygen atoms in total. The topological polar surface area (TPSA) is 38.9 Å². The third kappa shape index (κ3) is 1.06. The van der Waals surface area contributed by atoms with Crippen molar-refractivity contribution in [2.24, 2.45) is 0 Å². The molecule has 0 aliphatic carbocycles. The van der Waals surface area contributed by atoms with Gasteiger partial charge in [-0.3, -0.25) is 0 Å². The van der Waals surface area contributed by atoms with E-state index in [1.165, 1.54) is 0 Å². The van der Waals surface area contributed by atoms with Gasteiger partial charge in [0.2, 0.25) is 5.89 Å². The third-order valence-corrected chi connectivity index (χ3v) is 1.07. The summed E-state index contributed by atoms with van der Waals surface area (Å²) in [6, 6.07) is 0. The molecule has 0 aliphatic heterocycles. The molecular weight excluding hydrogens is 172 g/mol. The zero-order chi connectivity index (χ0) is 5.98. The summed E-state index contributed by atoms with van der Waals surface area (Å²) in [7, 11) is 0. The van der Waals surface area contributed by atoms with Gasteiger partial charge in [0.05, 0.1) is 0 Å². The summed E-state index contributed by atoms with van der Waals surface area (Å²) >= 11 is 3.03. The van der Waals surface area contributed by atoms with Crippen LogP contribution in [0.2, 0.25) is 0 Å². The number of halogens is 1. The minimum Gasteiger partial charge on any atom is -0.416 e. The van der Waals surface area contributed by atoms with Gasteiger partial charge in [0.1, 0.15) is 0 Å². The lowest BCUT2D eigenvalue weighted by atomic mass is 10.5. The highest BCUT2D eigenvalue weighted by molar-refractivity contribution is 9.10. The van der Waals surface area contributed by atoms with Crippen LogP contribution in [0, 0.1) is 0 Å². The normalized spacial score (nSPS) is 9.75. The monoisotopic (exact) mass is 176 g/mol. The molecule has 8 heavy (non-hydrogen) atoms.